The zero-order chi connectivity index (χ0) is 14.1. The van der Waals surface area contributed by atoms with Gasteiger partial charge in [0.05, 0.1) is 18.8 Å². The van der Waals surface area contributed by atoms with Crippen LogP contribution in [0.5, 0.6) is 0 Å². The topological polar surface area (TPSA) is 38.5 Å². The summed E-state index contributed by atoms with van der Waals surface area (Å²) in [6.45, 7) is 6.87. The standard InChI is InChI=1S/C17H26N2O/c1-12(2)19-9-10-20-16(11-18)17(19)15-7-5-14(6-8-15)13-3-4-13/h5-8,12-13,16-17H,3-4,9-11,18H2,1-2H3. The molecule has 0 bridgehead atoms. The molecule has 2 aliphatic rings. The number of benzene rings is 1. The Bertz CT molecular complexity index is 439. The van der Waals surface area contributed by atoms with E-state index in [0.717, 1.165) is 19.1 Å². The minimum absolute atomic E-state index is 0.109. The first-order chi connectivity index (χ1) is 9.70. The van der Waals surface area contributed by atoms with Gasteiger partial charge in [0.2, 0.25) is 0 Å². The van der Waals surface area contributed by atoms with Crippen molar-refractivity contribution >= 4 is 0 Å². The summed E-state index contributed by atoms with van der Waals surface area (Å²) < 4.78 is 5.90. The van der Waals surface area contributed by atoms with Crippen LogP contribution in [0.1, 0.15) is 49.8 Å². The molecule has 1 aromatic rings. The molecule has 3 heteroatoms. The Morgan fingerprint density at radius 3 is 2.40 bits per heavy atom. The molecule has 2 N–H and O–H groups in total. The van der Waals surface area contributed by atoms with Crippen LogP contribution in [0.25, 0.3) is 0 Å². The van der Waals surface area contributed by atoms with E-state index in [0.29, 0.717) is 18.6 Å². The second kappa shape index (κ2) is 5.84. The maximum atomic E-state index is 5.93. The fraction of sp³-hybridized carbons (Fsp3) is 0.647. The molecule has 110 valence electrons. The van der Waals surface area contributed by atoms with Gasteiger partial charge in [-0.2, -0.15) is 0 Å². The van der Waals surface area contributed by atoms with Crippen molar-refractivity contribution in [2.45, 2.75) is 50.8 Å². The van der Waals surface area contributed by atoms with E-state index >= 15 is 0 Å². The highest BCUT2D eigenvalue weighted by Crippen LogP contribution is 2.40. The van der Waals surface area contributed by atoms with Crippen LogP contribution in [0.4, 0.5) is 0 Å². The van der Waals surface area contributed by atoms with Crippen LogP contribution in [0, 0.1) is 0 Å². The highest BCUT2D eigenvalue weighted by molar-refractivity contribution is 5.30. The Labute approximate surface area is 122 Å². The Balaban J connectivity index is 1.85. The summed E-state index contributed by atoms with van der Waals surface area (Å²) in [6.07, 6.45) is 2.82. The van der Waals surface area contributed by atoms with Gasteiger partial charge >= 0.3 is 0 Å². The molecule has 0 spiro atoms. The van der Waals surface area contributed by atoms with Crippen molar-refractivity contribution < 1.29 is 4.74 Å². The lowest BCUT2D eigenvalue weighted by atomic mass is 9.95. The predicted octanol–water partition coefficient (Wildman–Crippen LogP) is 2.67. The van der Waals surface area contributed by atoms with Crippen molar-refractivity contribution in [2.75, 3.05) is 19.7 Å². The van der Waals surface area contributed by atoms with Gasteiger partial charge < -0.3 is 10.5 Å². The lowest BCUT2D eigenvalue weighted by Crippen LogP contribution is -2.50. The Morgan fingerprint density at radius 1 is 1.20 bits per heavy atom. The average Bonchev–Trinajstić information content (AvgIpc) is 3.31. The summed E-state index contributed by atoms with van der Waals surface area (Å²) in [5.74, 6) is 0.818. The maximum Gasteiger partial charge on any atom is 0.0894 e. The highest BCUT2D eigenvalue weighted by Gasteiger charge is 2.34. The fourth-order valence-corrected chi connectivity index (χ4v) is 3.32. The summed E-state index contributed by atoms with van der Waals surface area (Å²) >= 11 is 0. The zero-order valence-electron chi connectivity index (χ0n) is 12.6. The van der Waals surface area contributed by atoms with Crippen molar-refractivity contribution in [3.63, 3.8) is 0 Å². The summed E-state index contributed by atoms with van der Waals surface area (Å²) in [5.41, 5.74) is 8.77. The molecule has 1 aliphatic carbocycles. The van der Waals surface area contributed by atoms with Crippen LogP contribution in [-0.4, -0.2) is 36.7 Å². The zero-order valence-corrected chi connectivity index (χ0v) is 12.6. The number of hydrogen-bond donors (Lipinski definition) is 1. The number of nitrogens with two attached hydrogens (primary N) is 1. The first-order valence-corrected chi connectivity index (χ1v) is 7.88. The van der Waals surface area contributed by atoms with Crippen LogP contribution in [0.3, 0.4) is 0 Å². The van der Waals surface area contributed by atoms with Crippen molar-refractivity contribution in [1.29, 1.82) is 0 Å². The normalized spacial score (nSPS) is 28.0. The van der Waals surface area contributed by atoms with Gasteiger partial charge in [-0.15, -0.1) is 0 Å². The molecule has 0 radical (unpaired) electrons. The van der Waals surface area contributed by atoms with E-state index in [-0.39, 0.29) is 6.10 Å². The summed E-state index contributed by atoms with van der Waals surface area (Å²) in [4.78, 5) is 2.52. The van der Waals surface area contributed by atoms with Crippen molar-refractivity contribution in [1.82, 2.24) is 4.90 Å². The van der Waals surface area contributed by atoms with Gasteiger partial charge in [0, 0.05) is 19.1 Å². The van der Waals surface area contributed by atoms with Gasteiger partial charge in [0.15, 0.2) is 0 Å². The van der Waals surface area contributed by atoms with E-state index in [1.807, 2.05) is 0 Å². The van der Waals surface area contributed by atoms with Gasteiger partial charge in [-0.3, -0.25) is 4.90 Å². The van der Waals surface area contributed by atoms with Crippen molar-refractivity contribution in [3.05, 3.63) is 35.4 Å². The largest absolute Gasteiger partial charge is 0.374 e. The summed E-state index contributed by atoms with van der Waals surface area (Å²) in [6, 6.07) is 9.97. The first-order valence-electron chi connectivity index (χ1n) is 7.88. The minimum atomic E-state index is 0.109. The molecule has 1 aromatic carbocycles. The van der Waals surface area contributed by atoms with Crippen LogP contribution in [0.15, 0.2) is 24.3 Å². The molecule has 1 saturated carbocycles. The van der Waals surface area contributed by atoms with E-state index in [2.05, 4.69) is 43.0 Å². The molecular weight excluding hydrogens is 248 g/mol. The third kappa shape index (κ3) is 2.76. The predicted molar refractivity (Wildman–Crippen MR) is 81.8 cm³/mol. The van der Waals surface area contributed by atoms with Crippen molar-refractivity contribution in [2.24, 2.45) is 5.73 Å². The van der Waals surface area contributed by atoms with Gasteiger partial charge in [0.25, 0.3) is 0 Å². The molecule has 1 heterocycles. The van der Waals surface area contributed by atoms with Crippen LogP contribution in [0.2, 0.25) is 0 Å². The lowest BCUT2D eigenvalue weighted by molar-refractivity contribution is -0.0789. The molecular formula is C17H26N2O. The summed E-state index contributed by atoms with van der Waals surface area (Å²) in [7, 11) is 0. The van der Waals surface area contributed by atoms with E-state index in [1.54, 1.807) is 0 Å². The van der Waals surface area contributed by atoms with E-state index < -0.39 is 0 Å². The number of ether oxygens (including phenoxy) is 1. The number of hydrogen-bond acceptors (Lipinski definition) is 3. The number of rotatable bonds is 4. The number of morpholine rings is 1. The first kappa shape index (κ1) is 14.1. The van der Waals surface area contributed by atoms with Gasteiger partial charge in [0.1, 0.15) is 0 Å². The third-order valence-electron chi connectivity index (χ3n) is 4.61. The minimum Gasteiger partial charge on any atom is -0.374 e. The molecule has 2 unspecified atom stereocenters. The molecule has 2 atom stereocenters. The molecule has 1 aliphatic heterocycles. The van der Waals surface area contributed by atoms with Gasteiger partial charge in [-0.25, -0.2) is 0 Å². The van der Waals surface area contributed by atoms with E-state index in [9.17, 15) is 0 Å². The molecule has 20 heavy (non-hydrogen) atoms. The summed E-state index contributed by atoms with van der Waals surface area (Å²) in [5, 5.41) is 0. The maximum absolute atomic E-state index is 5.93. The molecule has 3 rings (SSSR count). The van der Waals surface area contributed by atoms with Crippen molar-refractivity contribution in [3.8, 4) is 0 Å². The highest BCUT2D eigenvalue weighted by atomic mass is 16.5. The quantitative estimate of drug-likeness (QED) is 0.917. The van der Waals surface area contributed by atoms with E-state index in [1.165, 1.54) is 24.0 Å². The monoisotopic (exact) mass is 274 g/mol. The van der Waals surface area contributed by atoms with Gasteiger partial charge in [-0.05, 0) is 43.7 Å². The van der Waals surface area contributed by atoms with Crippen LogP contribution in [-0.2, 0) is 4.74 Å². The molecule has 0 amide bonds. The van der Waals surface area contributed by atoms with E-state index in [4.69, 9.17) is 10.5 Å². The SMILES string of the molecule is CC(C)N1CCOC(CN)C1c1ccc(C2CC2)cc1. The Kier molecular flexibility index (Phi) is 4.11. The van der Waals surface area contributed by atoms with Crippen LogP contribution >= 0.6 is 0 Å². The second-order valence-corrected chi connectivity index (χ2v) is 6.36. The average molecular weight is 274 g/mol. The fourth-order valence-electron chi connectivity index (χ4n) is 3.32. The molecule has 1 saturated heterocycles. The van der Waals surface area contributed by atoms with Crippen LogP contribution < -0.4 is 5.73 Å². The smallest absolute Gasteiger partial charge is 0.0894 e. The molecule has 3 nitrogen and oxygen atoms in total. The van der Waals surface area contributed by atoms with Gasteiger partial charge in [-0.1, -0.05) is 24.3 Å². The second-order valence-electron chi connectivity index (χ2n) is 6.36. The lowest BCUT2D eigenvalue weighted by Gasteiger charge is -2.43. The number of nitrogens with zero attached hydrogens (tertiary/aromatic N) is 1. The molecule has 2 fully saturated rings. The Morgan fingerprint density at radius 2 is 1.85 bits per heavy atom. The third-order valence-corrected chi connectivity index (χ3v) is 4.61. The molecule has 0 aromatic heterocycles. The Hall–Kier alpha value is -0.900.